The molecule has 0 N–H and O–H groups in total. The highest BCUT2D eigenvalue weighted by Gasteiger charge is 2.11. The van der Waals surface area contributed by atoms with E-state index in [-0.39, 0.29) is 0 Å². The van der Waals surface area contributed by atoms with E-state index in [2.05, 4.69) is 16.0 Å². The van der Waals surface area contributed by atoms with E-state index in [1.54, 1.807) is 6.20 Å². The lowest BCUT2D eigenvalue weighted by Gasteiger charge is -2.27. The average Bonchev–Trinajstić information content (AvgIpc) is 2.32. The molecule has 1 aliphatic heterocycles. The Labute approximate surface area is 89.1 Å². The lowest BCUT2D eigenvalue weighted by Crippen LogP contribution is -2.36. The second kappa shape index (κ2) is 4.76. The Balaban J connectivity index is 2.05. The Morgan fingerprint density at radius 1 is 1.40 bits per heavy atom. The van der Waals surface area contributed by atoms with Crippen LogP contribution in [0.15, 0.2) is 18.3 Å². The summed E-state index contributed by atoms with van der Waals surface area (Å²) in [6, 6.07) is 6.04. The van der Waals surface area contributed by atoms with Gasteiger partial charge in [0.05, 0.1) is 25.7 Å². The molecule has 15 heavy (non-hydrogen) atoms. The van der Waals surface area contributed by atoms with Gasteiger partial charge in [-0.1, -0.05) is 6.07 Å². The molecule has 1 aromatic heterocycles. The number of nitrogens with zero attached hydrogens (tertiary/aromatic N) is 3. The highest BCUT2D eigenvalue weighted by molar-refractivity contribution is 5.39. The summed E-state index contributed by atoms with van der Waals surface area (Å²) in [6.45, 7) is 3.32. The molecule has 0 atom stereocenters. The predicted molar refractivity (Wildman–Crippen MR) is 56.6 cm³/mol. The minimum Gasteiger partial charge on any atom is -0.378 e. The molecule has 2 heterocycles. The Bertz CT molecular complexity index is 349. The fourth-order valence-electron chi connectivity index (χ4n) is 1.59. The number of hydrogen-bond acceptors (Lipinski definition) is 4. The van der Waals surface area contributed by atoms with Crippen molar-refractivity contribution in [3.05, 3.63) is 23.9 Å². The van der Waals surface area contributed by atoms with E-state index >= 15 is 0 Å². The van der Waals surface area contributed by atoms with Crippen LogP contribution in [0.25, 0.3) is 0 Å². The molecule has 1 aromatic rings. The van der Waals surface area contributed by atoms with Gasteiger partial charge in [0.2, 0.25) is 0 Å². The first kappa shape index (κ1) is 9.94. The third-order valence-electron chi connectivity index (χ3n) is 2.43. The fraction of sp³-hybridized carbons (Fsp3) is 0.455. The van der Waals surface area contributed by atoms with Crippen LogP contribution >= 0.6 is 0 Å². The summed E-state index contributed by atoms with van der Waals surface area (Å²) in [4.78, 5) is 6.53. The summed E-state index contributed by atoms with van der Waals surface area (Å²) in [5, 5.41) is 8.53. The van der Waals surface area contributed by atoms with Crippen LogP contribution in [-0.4, -0.2) is 31.3 Å². The molecular weight excluding hydrogens is 190 g/mol. The number of rotatable bonds is 2. The number of hydrogen-bond donors (Lipinski definition) is 0. The van der Waals surface area contributed by atoms with Crippen molar-refractivity contribution in [2.75, 3.05) is 31.2 Å². The Hall–Kier alpha value is -1.60. The van der Waals surface area contributed by atoms with Crippen molar-refractivity contribution in [1.29, 1.82) is 5.26 Å². The number of nitriles is 1. The van der Waals surface area contributed by atoms with Crippen molar-refractivity contribution in [3.63, 3.8) is 0 Å². The lowest BCUT2D eigenvalue weighted by atomic mass is 10.2. The van der Waals surface area contributed by atoms with Gasteiger partial charge in [-0.3, -0.25) is 0 Å². The minimum atomic E-state index is 0.427. The minimum absolute atomic E-state index is 0.427. The van der Waals surface area contributed by atoms with Crippen LogP contribution in [0.5, 0.6) is 0 Å². The van der Waals surface area contributed by atoms with E-state index in [4.69, 9.17) is 10.00 Å². The monoisotopic (exact) mass is 203 g/mol. The van der Waals surface area contributed by atoms with Crippen molar-refractivity contribution in [3.8, 4) is 6.07 Å². The maximum absolute atomic E-state index is 8.53. The van der Waals surface area contributed by atoms with Crippen LogP contribution in [0.2, 0.25) is 0 Å². The lowest BCUT2D eigenvalue weighted by molar-refractivity contribution is 0.122. The zero-order valence-electron chi connectivity index (χ0n) is 8.52. The van der Waals surface area contributed by atoms with Crippen LogP contribution in [0.1, 0.15) is 5.56 Å². The van der Waals surface area contributed by atoms with Crippen molar-refractivity contribution in [1.82, 2.24) is 4.98 Å². The molecule has 1 fully saturated rings. The van der Waals surface area contributed by atoms with Gasteiger partial charge in [0.1, 0.15) is 5.82 Å². The first-order valence-corrected chi connectivity index (χ1v) is 5.05. The van der Waals surface area contributed by atoms with E-state index in [0.717, 1.165) is 37.7 Å². The third kappa shape index (κ3) is 2.45. The average molecular weight is 203 g/mol. The highest BCUT2D eigenvalue weighted by Crippen LogP contribution is 2.12. The Kier molecular flexibility index (Phi) is 3.15. The van der Waals surface area contributed by atoms with Gasteiger partial charge in [-0.05, 0) is 11.6 Å². The Morgan fingerprint density at radius 3 is 2.80 bits per heavy atom. The molecule has 0 unspecified atom stereocenters. The molecule has 0 amide bonds. The zero-order valence-corrected chi connectivity index (χ0v) is 8.52. The maximum atomic E-state index is 8.53. The molecule has 78 valence electrons. The molecular formula is C11H13N3O. The van der Waals surface area contributed by atoms with Gasteiger partial charge < -0.3 is 9.64 Å². The number of anilines is 1. The summed E-state index contributed by atoms with van der Waals surface area (Å²) in [6.07, 6.45) is 2.20. The highest BCUT2D eigenvalue weighted by atomic mass is 16.5. The topological polar surface area (TPSA) is 49.2 Å². The molecule has 0 spiro atoms. The Morgan fingerprint density at radius 2 is 2.20 bits per heavy atom. The summed E-state index contributed by atoms with van der Waals surface area (Å²) in [5.41, 5.74) is 0.967. The van der Waals surface area contributed by atoms with E-state index in [1.165, 1.54) is 0 Å². The summed E-state index contributed by atoms with van der Waals surface area (Å²) in [7, 11) is 0. The van der Waals surface area contributed by atoms with Gasteiger partial charge in [-0.25, -0.2) is 4.98 Å². The summed E-state index contributed by atoms with van der Waals surface area (Å²) in [5.74, 6) is 0.972. The predicted octanol–water partition coefficient (Wildman–Crippen LogP) is 0.984. The van der Waals surface area contributed by atoms with Crippen LogP contribution < -0.4 is 4.90 Å². The van der Waals surface area contributed by atoms with Gasteiger partial charge >= 0.3 is 0 Å². The maximum Gasteiger partial charge on any atom is 0.128 e. The molecule has 2 rings (SSSR count). The van der Waals surface area contributed by atoms with Crippen molar-refractivity contribution in [2.24, 2.45) is 0 Å². The second-order valence-corrected chi connectivity index (χ2v) is 3.46. The van der Waals surface area contributed by atoms with Gasteiger partial charge in [-0.15, -0.1) is 0 Å². The number of morpholine rings is 1. The molecule has 0 bridgehead atoms. The van der Waals surface area contributed by atoms with Crippen LogP contribution in [-0.2, 0) is 11.2 Å². The van der Waals surface area contributed by atoms with E-state index < -0.39 is 0 Å². The van der Waals surface area contributed by atoms with Crippen LogP contribution in [0, 0.1) is 11.3 Å². The van der Waals surface area contributed by atoms with E-state index in [9.17, 15) is 0 Å². The SMILES string of the molecule is N#CCc1ccc(N2CCOCC2)nc1. The summed E-state index contributed by atoms with van der Waals surface area (Å²) < 4.78 is 5.27. The van der Waals surface area contributed by atoms with Gasteiger partial charge in [0.15, 0.2) is 0 Å². The fourth-order valence-corrected chi connectivity index (χ4v) is 1.59. The number of aromatic nitrogens is 1. The molecule has 4 heteroatoms. The molecule has 1 saturated heterocycles. The zero-order chi connectivity index (χ0) is 10.5. The molecule has 0 aliphatic carbocycles. The number of pyridine rings is 1. The van der Waals surface area contributed by atoms with Crippen molar-refractivity contribution in [2.45, 2.75) is 6.42 Å². The molecule has 4 nitrogen and oxygen atoms in total. The van der Waals surface area contributed by atoms with Crippen molar-refractivity contribution < 1.29 is 4.74 Å². The second-order valence-electron chi connectivity index (χ2n) is 3.46. The largest absolute Gasteiger partial charge is 0.378 e. The first-order chi connectivity index (χ1) is 7.40. The molecule has 0 aromatic carbocycles. The standard InChI is InChI=1S/C11H13N3O/c12-4-3-10-1-2-11(13-9-10)14-5-7-15-8-6-14/h1-2,9H,3,5-8H2. The quantitative estimate of drug-likeness (QED) is 0.719. The normalized spacial score (nSPS) is 16.1. The van der Waals surface area contributed by atoms with E-state index in [0.29, 0.717) is 6.42 Å². The van der Waals surface area contributed by atoms with Crippen molar-refractivity contribution >= 4 is 5.82 Å². The first-order valence-electron chi connectivity index (χ1n) is 5.05. The van der Waals surface area contributed by atoms with E-state index in [1.807, 2.05) is 12.1 Å². The van der Waals surface area contributed by atoms with Gasteiger partial charge in [0, 0.05) is 19.3 Å². The van der Waals surface area contributed by atoms with Crippen LogP contribution in [0.3, 0.4) is 0 Å². The molecule has 0 saturated carbocycles. The molecule has 0 radical (unpaired) electrons. The molecule has 1 aliphatic rings. The van der Waals surface area contributed by atoms with Gasteiger partial charge in [-0.2, -0.15) is 5.26 Å². The summed E-state index contributed by atoms with van der Waals surface area (Å²) >= 11 is 0. The van der Waals surface area contributed by atoms with Crippen LogP contribution in [0.4, 0.5) is 5.82 Å². The smallest absolute Gasteiger partial charge is 0.128 e. The number of ether oxygens (including phenoxy) is 1. The third-order valence-corrected chi connectivity index (χ3v) is 2.43. The van der Waals surface area contributed by atoms with Gasteiger partial charge in [0.25, 0.3) is 0 Å².